The summed E-state index contributed by atoms with van der Waals surface area (Å²) < 4.78 is 9.31. The summed E-state index contributed by atoms with van der Waals surface area (Å²) in [4.78, 5) is 10.5. The highest BCUT2D eigenvalue weighted by atomic mass is 16.6. The minimum Gasteiger partial charge on any atom is -0.463 e. The zero-order valence-corrected chi connectivity index (χ0v) is 8.11. The van der Waals surface area contributed by atoms with Crippen molar-refractivity contribution in [2.24, 2.45) is 0 Å². The van der Waals surface area contributed by atoms with Crippen LogP contribution in [-0.4, -0.2) is 63.7 Å². The quantitative estimate of drug-likeness (QED) is 0.377. The number of aliphatic hydroxyl groups excluding tert-OH is 4. The third kappa shape index (κ3) is 2.86. The van der Waals surface area contributed by atoms with Crippen LogP contribution in [0.1, 0.15) is 6.92 Å². The molecule has 0 aromatic carbocycles. The van der Waals surface area contributed by atoms with Crippen molar-refractivity contribution in [3.05, 3.63) is 0 Å². The van der Waals surface area contributed by atoms with Crippen molar-refractivity contribution in [3.63, 3.8) is 0 Å². The highest BCUT2D eigenvalue weighted by Crippen LogP contribution is 2.19. The summed E-state index contributed by atoms with van der Waals surface area (Å²) >= 11 is 0. The van der Waals surface area contributed by atoms with Crippen molar-refractivity contribution >= 4 is 5.97 Å². The third-order valence-electron chi connectivity index (χ3n) is 2.14. The highest BCUT2D eigenvalue weighted by molar-refractivity contribution is 5.65. The van der Waals surface area contributed by atoms with Crippen LogP contribution in [0.25, 0.3) is 0 Å². The number of ether oxygens (including phenoxy) is 2. The Balaban J connectivity index is 2.54. The van der Waals surface area contributed by atoms with Crippen LogP contribution in [0.3, 0.4) is 0 Å². The van der Waals surface area contributed by atoms with Gasteiger partial charge in [-0.25, -0.2) is 0 Å². The fourth-order valence-electron chi connectivity index (χ4n) is 1.27. The van der Waals surface area contributed by atoms with Crippen LogP contribution in [0.15, 0.2) is 0 Å². The van der Waals surface area contributed by atoms with E-state index < -0.39 is 36.7 Å². The number of hydrogen-bond acceptors (Lipinski definition) is 7. The number of aliphatic hydroxyl groups is 4. The lowest BCUT2D eigenvalue weighted by Gasteiger charge is -2.37. The van der Waals surface area contributed by atoms with Gasteiger partial charge in [-0.15, -0.1) is 0 Å². The molecule has 1 rings (SSSR count). The lowest BCUT2D eigenvalue weighted by atomic mass is 9.99. The molecule has 5 atom stereocenters. The molecule has 0 radical (unpaired) electrons. The van der Waals surface area contributed by atoms with Crippen LogP contribution in [0.5, 0.6) is 0 Å². The van der Waals surface area contributed by atoms with Crippen molar-refractivity contribution in [3.8, 4) is 0 Å². The van der Waals surface area contributed by atoms with Gasteiger partial charge in [0.1, 0.15) is 31.0 Å². The molecule has 0 spiro atoms. The fourth-order valence-corrected chi connectivity index (χ4v) is 1.27. The first-order chi connectivity index (χ1) is 6.93. The van der Waals surface area contributed by atoms with Crippen molar-refractivity contribution in [2.45, 2.75) is 37.6 Å². The van der Waals surface area contributed by atoms with E-state index in [1.54, 1.807) is 0 Å². The Morgan fingerprint density at radius 3 is 2.33 bits per heavy atom. The van der Waals surface area contributed by atoms with Gasteiger partial charge in [0, 0.05) is 6.92 Å². The summed E-state index contributed by atoms with van der Waals surface area (Å²) in [6.45, 7) is 0.883. The monoisotopic (exact) mass is 222 g/mol. The van der Waals surface area contributed by atoms with Gasteiger partial charge in [0.25, 0.3) is 0 Å². The van der Waals surface area contributed by atoms with E-state index in [-0.39, 0.29) is 6.61 Å². The van der Waals surface area contributed by atoms with Crippen LogP contribution in [-0.2, 0) is 14.3 Å². The molecule has 1 saturated heterocycles. The topological polar surface area (TPSA) is 116 Å². The standard InChI is InChI=1S/C8H14O7/c1-3(9)14-2-4-5(10)6(11)7(12)8(13)15-4/h4-8,10-13H,2H2,1H3/t4-,5-,6-,7-,8?/m1/s1. The Morgan fingerprint density at radius 1 is 1.20 bits per heavy atom. The van der Waals surface area contributed by atoms with Crippen molar-refractivity contribution in [1.82, 2.24) is 0 Å². The van der Waals surface area contributed by atoms with Gasteiger partial charge in [0.15, 0.2) is 6.29 Å². The third-order valence-corrected chi connectivity index (χ3v) is 2.14. The number of hydrogen-bond donors (Lipinski definition) is 4. The molecule has 0 bridgehead atoms. The summed E-state index contributed by atoms with van der Waals surface area (Å²) in [6.07, 6.45) is -7.18. The van der Waals surface area contributed by atoms with Crippen LogP contribution in [0, 0.1) is 0 Å². The van der Waals surface area contributed by atoms with E-state index in [0.29, 0.717) is 0 Å². The number of rotatable bonds is 2. The molecule has 1 heterocycles. The lowest BCUT2D eigenvalue weighted by molar-refractivity contribution is -0.287. The first-order valence-electron chi connectivity index (χ1n) is 4.44. The van der Waals surface area contributed by atoms with Crippen molar-refractivity contribution < 1.29 is 34.7 Å². The summed E-state index contributed by atoms with van der Waals surface area (Å²) in [5.41, 5.74) is 0. The lowest BCUT2D eigenvalue weighted by Crippen LogP contribution is -2.58. The van der Waals surface area contributed by atoms with Crippen LogP contribution >= 0.6 is 0 Å². The molecule has 4 N–H and O–H groups in total. The Labute approximate surface area is 85.9 Å². The summed E-state index contributed by atoms with van der Waals surface area (Å²) in [6, 6.07) is 0. The van der Waals surface area contributed by atoms with E-state index in [2.05, 4.69) is 4.74 Å². The smallest absolute Gasteiger partial charge is 0.302 e. The van der Waals surface area contributed by atoms with Crippen LogP contribution < -0.4 is 0 Å². The Morgan fingerprint density at radius 2 is 1.80 bits per heavy atom. The van der Waals surface area contributed by atoms with Gasteiger partial charge >= 0.3 is 5.97 Å². The van der Waals surface area contributed by atoms with Gasteiger partial charge < -0.3 is 29.9 Å². The Kier molecular flexibility index (Phi) is 4.00. The molecule has 7 heteroatoms. The first-order valence-corrected chi connectivity index (χ1v) is 4.44. The number of carbonyl (C=O) groups is 1. The largest absolute Gasteiger partial charge is 0.463 e. The summed E-state index contributed by atoms with van der Waals surface area (Å²) in [5.74, 6) is -0.569. The minimum atomic E-state index is -1.61. The molecule has 1 unspecified atom stereocenters. The van der Waals surface area contributed by atoms with Gasteiger partial charge in [-0.1, -0.05) is 0 Å². The summed E-state index contributed by atoms with van der Waals surface area (Å²) in [7, 11) is 0. The van der Waals surface area contributed by atoms with Crippen molar-refractivity contribution in [2.75, 3.05) is 6.61 Å². The average Bonchev–Trinajstić information content (AvgIpc) is 2.18. The molecule has 0 aliphatic carbocycles. The SMILES string of the molecule is CC(=O)OC[C@H]1OC(O)[C@H](O)[C@H](O)[C@@H]1O. The van der Waals surface area contributed by atoms with Gasteiger partial charge in [0.05, 0.1) is 0 Å². The first kappa shape index (κ1) is 12.3. The van der Waals surface area contributed by atoms with E-state index in [1.165, 1.54) is 6.92 Å². The maximum absolute atomic E-state index is 10.5. The maximum Gasteiger partial charge on any atom is 0.302 e. The maximum atomic E-state index is 10.5. The zero-order chi connectivity index (χ0) is 11.6. The van der Waals surface area contributed by atoms with Gasteiger partial charge in [0.2, 0.25) is 0 Å². The normalized spacial score (nSPS) is 41.3. The Bertz CT molecular complexity index is 231. The second-order valence-corrected chi connectivity index (χ2v) is 3.34. The molecule has 1 aliphatic heterocycles. The summed E-state index contributed by atoms with van der Waals surface area (Å²) in [5, 5.41) is 36.9. The van der Waals surface area contributed by atoms with Crippen LogP contribution in [0.4, 0.5) is 0 Å². The molecule has 1 fully saturated rings. The molecule has 88 valence electrons. The minimum absolute atomic E-state index is 0.294. The average molecular weight is 222 g/mol. The van der Waals surface area contributed by atoms with Crippen LogP contribution in [0.2, 0.25) is 0 Å². The van der Waals surface area contributed by atoms with E-state index >= 15 is 0 Å². The molecule has 0 saturated carbocycles. The van der Waals surface area contributed by atoms with E-state index in [0.717, 1.165) is 0 Å². The zero-order valence-electron chi connectivity index (χ0n) is 8.11. The number of carbonyl (C=O) groups excluding carboxylic acids is 1. The molecular weight excluding hydrogens is 208 g/mol. The van der Waals surface area contributed by atoms with E-state index in [9.17, 15) is 15.0 Å². The molecule has 0 aromatic heterocycles. The predicted octanol–water partition coefficient (Wildman–Crippen LogP) is -2.65. The van der Waals surface area contributed by atoms with Gasteiger partial charge in [-0.2, -0.15) is 0 Å². The second-order valence-electron chi connectivity index (χ2n) is 3.34. The van der Waals surface area contributed by atoms with E-state index in [1.807, 2.05) is 0 Å². The molecule has 15 heavy (non-hydrogen) atoms. The number of esters is 1. The molecule has 0 aromatic rings. The molecule has 1 aliphatic rings. The van der Waals surface area contributed by atoms with E-state index in [4.69, 9.17) is 14.9 Å². The molecular formula is C8H14O7. The second kappa shape index (κ2) is 4.86. The predicted molar refractivity (Wildman–Crippen MR) is 45.5 cm³/mol. The van der Waals surface area contributed by atoms with Gasteiger partial charge in [-0.3, -0.25) is 4.79 Å². The fraction of sp³-hybridized carbons (Fsp3) is 0.875. The molecule has 0 amide bonds. The molecule has 7 nitrogen and oxygen atoms in total. The van der Waals surface area contributed by atoms with Gasteiger partial charge in [-0.05, 0) is 0 Å². The highest BCUT2D eigenvalue weighted by Gasteiger charge is 2.43. The Hall–Kier alpha value is -0.730. The van der Waals surface area contributed by atoms with Crippen molar-refractivity contribution in [1.29, 1.82) is 0 Å².